The third-order valence-corrected chi connectivity index (χ3v) is 1.88. The molecule has 15 heavy (non-hydrogen) atoms. The molecule has 84 valence electrons. The summed E-state index contributed by atoms with van der Waals surface area (Å²) in [5.41, 5.74) is 6.36. The van der Waals surface area contributed by atoms with Gasteiger partial charge in [-0.3, -0.25) is 0 Å². The maximum Gasteiger partial charge on any atom is 0.133 e. The number of nitrogens with two attached hydrogens (primary N) is 1. The van der Waals surface area contributed by atoms with E-state index in [9.17, 15) is 0 Å². The smallest absolute Gasteiger partial charge is 0.133 e. The van der Waals surface area contributed by atoms with Crippen LogP contribution in [0, 0.1) is 6.92 Å². The Kier molecular flexibility index (Phi) is 5.00. The van der Waals surface area contributed by atoms with Crippen molar-refractivity contribution in [1.82, 2.24) is 9.97 Å². The molecule has 1 aromatic heterocycles. The molecular weight excluding hydrogens is 192 g/mol. The number of hydrogen-bond donors (Lipinski definition) is 2. The molecule has 0 radical (unpaired) electrons. The number of rotatable bonds is 6. The molecule has 3 N–H and O–H groups in total. The molecule has 0 saturated heterocycles. The van der Waals surface area contributed by atoms with Crippen LogP contribution in [0.3, 0.4) is 0 Å². The standard InChI is InChI=1S/C10H18N4O/c1-8-7-10(12-5-4-11)14-9(13-8)3-6-15-2/h7H,3-6,11H2,1-2H3,(H,12,13,14). The van der Waals surface area contributed by atoms with Gasteiger partial charge >= 0.3 is 0 Å². The number of nitrogens with one attached hydrogen (secondary N) is 1. The highest BCUT2D eigenvalue weighted by molar-refractivity contribution is 5.35. The van der Waals surface area contributed by atoms with E-state index in [0.717, 1.165) is 30.3 Å². The molecule has 5 nitrogen and oxygen atoms in total. The minimum Gasteiger partial charge on any atom is -0.384 e. The molecule has 0 fully saturated rings. The number of hydrogen-bond acceptors (Lipinski definition) is 5. The molecule has 1 rings (SSSR count). The topological polar surface area (TPSA) is 73.1 Å². The van der Waals surface area contributed by atoms with Crippen LogP contribution in [-0.4, -0.2) is 36.8 Å². The summed E-state index contributed by atoms with van der Waals surface area (Å²) in [5.74, 6) is 1.63. The first-order valence-corrected chi connectivity index (χ1v) is 5.03. The molecular formula is C10H18N4O. The van der Waals surface area contributed by atoms with E-state index >= 15 is 0 Å². The van der Waals surface area contributed by atoms with E-state index in [2.05, 4.69) is 15.3 Å². The highest BCUT2D eigenvalue weighted by atomic mass is 16.5. The summed E-state index contributed by atoms with van der Waals surface area (Å²) >= 11 is 0. The molecule has 0 unspecified atom stereocenters. The predicted molar refractivity (Wildman–Crippen MR) is 59.9 cm³/mol. The van der Waals surface area contributed by atoms with Crippen molar-refractivity contribution >= 4 is 5.82 Å². The molecule has 0 aliphatic rings. The van der Waals surface area contributed by atoms with Gasteiger partial charge in [0, 0.05) is 38.4 Å². The normalized spacial score (nSPS) is 10.3. The van der Waals surface area contributed by atoms with Gasteiger partial charge in [-0.25, -0.2) is 9.97 Å². The van der Waals surface area contributed by atoms with Crippen molar-refractivity contribution in [2.24, 2.45) is 5.73 Å². The lowest BCUT2D eigenvalue weighted by Crippen LogP contribution is -2.15. The molecule has 0 saturated carbocycles. The van der Waals surface area contributed by atoms with E-state index in [1.807, 2.05) is 13.0 Å². The Morgan fingerprint density at radius 1 is 1.47 bits per heavy atom. The maximum absolute atomic E-state index is 5.41. The van der Waals surface area contributed by atoms with Crippen molar-refractivity contribution in [3.05, 3.63) is 17.6 Å². The SMILES string of the molecule is COCCc1nc(C)cc(NCCN)n1. The van der Waals surface area contributed by atoms with Crippen LogP contribution in [0.15, 0.2) is 6.07 Å². The summed E-state index contributed by atoms with van der Waals surface area (Å²) in [7, 11) is 1.67. The van der Waals surface area contributed by atoms with Gasteiger partial charge in [-0.2, -0.15) is 0 Å². The van der Waals surface area contributed by atoms with Gasteiger partial charge < -0.3 is 15.8 Å². The summed E-state index contributed by atoms with van der Waals surface area (Å²) in [6, 6.07) is 1.91. The van der Waals surface area contributed by atoms with Crippen LogP contribution in [-0.2, 0) is 11.2 Å². The second-order valence-electron chi connectivity index (χ2n) is 3.27. The lowest BCUT2D eigenvalue weighted by atomic mass is 10.3. The minimum absolute atomic E-state index is 0.594. The number of nitrogens with zero attached hydrogens (tertiary/aromatic N) is 2. The van der Waals surface area contributed by atoms with E-state index in [0.29, 0.717) is 13.2 Å². The van der Waals surface area contributed by atoms with Gasteiger partial charge in [0.05, 0.1) is 6.61 Å². The van der Waals surface area contributed by atoms with Gasteiger partial charge in [-0.1, -0.05) is 0 Å². The van der Waals surface area contributed by atoms with Crippen molar-refractivity contribution < 1.29 is 4.74 Å². The highest BCUT2D eigenvalue weighted by Crippen LogP contribution is 2.06. The van der Waals surface area contributed by atoms with E-state index in [4.69, 9.17) is 10.5 Å². The van der Waals surface area contributed by atoms with Crippen molar-refractivity contribution in [1.29, 1.82) is 0 Å². The van der Waals surface area contributed by atoms with Crippen molar-refractivity contribution in [2.45, 2.75) is 13.3 Å². The first-order valence-electron chi connectivity index (χ1n) is 5.03. The Hall–Kier alpha value is -1.20. The lowest BCUT2D eigenvalue weighted by molar-refractivity contribution is 0.200. The maximum atomic E-state index is 5.41. The molecule has 0 aliphatic carbocycles. The van der Waals surface area contributed by atoms with E-state index in [1.54, 1.807) is 7.11 Å². The Morgan fingerprint density at radius 3 is 2.93 bits per heavy atom. The average Bonchev–Trinajstić information content (AvgIpc) is 2.23. The lowest BCUT2D eigenvalue weighted by Gasteiger charge is -2.07. The third-order valence-electron chi connectivity index (χ3n) is 1.88. The van der Waals surface area contributed by atoms with Crippen LogP contribution < -0.4 is 11.1 Å². The number of methoxy groups -OCH3 is 1. The van der Waals surface area contributed by atoms with E-state index in [1.165, 1.54) is 0 Å². The summed E-state index contributed by atoms with van der Waals surface area (Å²) < 4.78 is 4.99. The molecule has 0 aromatic carbocycles. The van der Waals surface area contributed by atoms with Crippen molar-refractivity contribution in [3.8, 4) is 0 Å². The van der Waals surface area contributed by atoms with Crippen molar-refractivity contribution in [2.75, 3.05) is 32.1 Å². The molecule has 5 heteroatoms. The fraction of sp³-hybridized carbons (Fsp3) is 0.600. The second kappa shape index (κ2) is 6.31. The molecule has 1 aromatic rings. The zero-order valence-corrected chi connectivity index (χ0v) is 9.29. The second-order valence-corrected chi connectivity index (χ2v) is 3.27. The highest BCUT2D eigenvalue weighted by Gasteiger charge is 2.01. The zero-order chi connectivity index (χ0) is 11.1. The quantitative estimate of drug-likeness (QED) is 0.708. The molecule has 0 spiro atoms. The Bertz CT molecular complexity index is 277. The molecule has 1 heterocycles. The van der Waals surface area contributed by atoms with Gasteiger partial charge in [0.25, 0.3) is 0 Å². The number of anilines is 1. The monoisotopic (exact) mass is 210 g/mol. The summed E-state index contributed by atoms with van der Waals surface area (Å²) in [5, 5.41) is 3.14. The summed E-state index contributed by atoms with van der Waals surface area (Å²) in [6.07, 6.45) is 0.732. The van der Waals surface area contributed by atoms with Crippen LogP contribution in [0.25, 0.3) is 0 Å². The summed E-state index contributed by atoms with van der Waals surface area (Å²) in [6.45, 7) is 3.90. The van der Waals surface area contributed by atoms with E-state index in [-0.39, 0.29) is 0 Å². The van der Waals surface area contributed by atoms with Crippen LogP contribution in [0.2, 0.25) is 0 Å². The zero-order valence-electron chi connectivity index (χ0n) is 9.29. The first kappa shape index (κ1) is 11.9. The van der Waals surface area contributed by atoms with Crippen LogP contribution in [0.5, 0.6) is 0 Å². The Labute approximate surface area is 90.1 Å². The number of ether oxygens (including phenoxy) is 1. The Balaban J connectivity index is 2.66. The average molecular weight is 210 g/mol. The van der Waals surface area contributed by atoms with E-state index < -0.39 is 0 Å². The van der Waals surface area contributed by atoms with Crippen LogP contribution in [0.1, 0.15) is 11.5 Å². The molecule has 0 aliphatic heterocycles. The fourth-order valence-electron chi connectivity index (χ4n) is 1.23. The molecule has 0 atom stereocenters. The largest absolute Gasteiger partial charge is 0.384 e. The van der Waals surface area contributed by atoms with Gasteiger partial charge in [0.1, 0.15) is 11.6 Å². The first-order chi connectivity index (χ1) is 7.26. The number of aromatic nitrogens is 2. The van der Waals surface area contributed by atoms with Gasteiger partial charge in [0.15, 0.2) is 0 Å². The minimum atomic E-state index is 0.594. The number of aryl methyl sites for hydroxylation is 1. The third kappa shape index (κ3) is 4.22. The summed E-state index contributed by atoms with van der Waals surface area (Å²) in [4.78, 5) is 8.67. The predicted octanol–water partition coefficient (Wildman–Crippen LogP) is 0.345. The van der Waals surface area contributed by atoms with Crippen LogP contribution in [0.4, 0.5) is 5.82 Å². The van der Waals surface area contributed by atoms with Crippen LogP contribution >= 0.6 is 0 Å². The molecule has 0 amide bonds. The molecule has 0 bridgehead atoms. The van der Waals surface area contributed by atoms with Gasteiger partial charge in [-0.05, 0) is 6.92 Å². The van der Waals surface area contributed by atoms with Gasteiger partial charge in [-0.15, -0.1) is 0 Å². The Morgan fingerprint density at radius 2 is 2.27 bits per heavy atom. The fourth-order valence-corrected chi connectivity index (χ4v) is 1.23. The van der Waals surface area contributed by atoms with Gasteiger partial charge in [0.2, 0.25) is 0 Å². The van der Waals surface area contributed by atoms with Crippen molar-refractivity contribution in [3.63, 3.8) is 0 Å².